The molecule has 0 radical (unpaired) electrons. The van der Waals surface area contributed by atoms with Crippen LogP contribution in [0, 0.1) is 0 Å². The van der Waals surface area contributed by atoms with Gasteiger partial charge in [0.05, 0.1) is 17.2 Å². The Morgan fingerprint density at radius 1 is 1.09 bits per heavy atom. The quantitative estimate of drug-likeness (QED) is 0.399. The maximum atomic E-state index is 13.9. The van der Waals surface area contributed by atoms with Gasteiger partial charge in [-0.15, -0.1) is 11.3 Å². The lowest BCUT2D eigenvalue weighted by molar-refractivity contribution is -0.120. The number of rotatable bonds is 8. The maximum absolute atomic E-state index is 13.9. The lowest BCUT2D eigenvalue weighted by Crippen LogP contribution is -2.47. The van der Waals surface area contributed by atoms with Crippen LogP contribution in [0.25, 0.3) is 11.1 Å². The molecule has 35 heavy (non-hydrogen) atoms. The number of aromatic nitrogens is 2. The number of thiazole rings is 1. The molecule has 0 spiro atoms. The Kier molecular flexibility index (Phi) is 6.65. The third-order valence-corrected chi connectivity index (χ3v) is 6.88. The third kappa shape index (κ3) is 4.99. The number of nitrogens with one attached hydrogen (secondary N) is 1. The summed E-state index contributed by atoms with van der Waals surface area (Å²) in [6.45, 7) is 0.995. The average molecular weight is 484 g/mol. The average Bonchev–Trinajstić information content (AvgIpc) is 3.56. The number of amides is 2. The summed E-state index contributed by atoms with van der Waals surface area (Å²) >= 11 is 1.53. The number of primary amides is 1. The number of fused-ring (bicyclic) bond motifs is 1. The second-order valence-corrected chi connectivity index (χ2v) is 9.18. The van der Waals surface area contributed by atoms with Crippen molar-refractivity contribution < 1.29 is 9.59 Å². The van der Waals surface area contributed by atoms with Crippen LogP contribution in [0.15, 0.2) is 77.9 Å². The first-order chi connectivity index (χ1) is 17.1. The van der Waals surface area contributed by atoms with Crippen LogP contribution in [0.3, 0.4) is 0 Å². The fourth-order valence-corrected chi connectivity index (χ4v) is 5.06. The van der Waals surface area contributed by atoms with E-state index in [2.05, 4.69) is 15.3 Å². The summed E-state index contributed by atoms with van der Waals surface area (Å²) in [4.78, 5) is 36.4. The van der Waals surface area contributed by atoms with Gasteiger partial charge in [-0.1, -0.05) is 30.3 Å². The molecular formula is C27H25N5O2S. The van der Waals surface area contributed by atoms with Crippen molar-refractivity contribution in [2.24, 2.45) is 5.73 Å². The smallest absolute Gasteiger partial charge is 0.249 e. The predicted molar refractivity (Wildman–Crippen MR) is 137 cm³/mol. The Morgan fingerprint density at radius 2 is 1.89 bits per heavy atom. The van der Waals surface area contributed by atoms with Gasteiger partial charge in [0, 0.05) is 42.1 Å². The zero-order chi connectivity index (χ0) is 24.2. The molecule has 1 aliphatic rings. The molecule has 2 aromatic heterocycles. The standard InChI is InChI=1S/C27H25N5O2S/c28-26(33)23-13-20(19-6-9-29-10-7-19)14-25-22(23)8-11-32(25)27(34)24(12-18-4-2-1-3-5-18)30-15-21-16-35-17-31-21/h1-7,9-10,13-14,16-17,24,30H,8,11-12,15H2,(H2,28,33)/t24-/m0/s1. The van der Waals surface area contributed by atoms with Gasteiger partial charge >= 0.3 is 0 Å². The number of carbonyl (C=O) groups excluding carboxylic acids is 2. The molecule has 0 saturated heterocycles. The Bertz CT molecular complexity index is 1330. The van der Waals surface area contributed by atoms with E-state index in [0.717, 1.165) is 33.6 Å². The lowest BCUT2D eigenvalue weighted by atomic mass is 9.97. The van der Waals surface area contributed by atoms with Crippen molar-refractivity contribution in [1.29, 1.82) is 0 Å². The first kappa shape index (κ1) is 22.9. The molecule has 4 aromatic rings. The molecule has 2 amide bonds. The van der Waals surface area contributed by atoms with E-state index in [1.165, 1.54) is 11.3 Å². The Morgan fingerprint density at radius 3 is 2.60 bits per heavy atom. The van der Waals surface area contributed by atoms with Crippen molar-refractivity contribution in [3.8, 4) is 11.1 Å². The minimum absolute atomic E-state index is 0.0369. The number of pyridine rings is 1. The zero-order valence-corrected chi connectivity index (χ0v) is 19.9. The number of carbonyl (C=O) groups is 2. The van der Waals surface area contributed by atoms with Gasteiger partial charge in [-0.05, 0) is 59.4 Å². The lowest BCUT2D eigenvalue weighted by Gasteiger charge is -2.25. The highest BCUT2D eigenvalue weighted by molar-refractivity contribution is 7.07. The van der Waals surface area contributed by atoms with E-state index in [9.17, 15) is 9.59 Å². The fraction of sp³-hybridized carbons (Fsp3) is 0.185. The summed E-state index contributed by atoms with van der Waals surface area (Å²) < 4.78 is 0. The second kappa shape index (κ2) is 10.2. The highest BCUT2D eigenvalue weighted by Gasteiger charge is 2.33. The normalized spacial score (nSPS) is 13.4. The van der Waals surface area contributed by atoms with E-state index >= 15 is 0 Å². The Balaban J connectivity index is 1.49. The highest BCUT2D eigenvalue weighted by Crippen LogP contribution is 2.36. The summed E-state index contributed by atoms with van der Waals surface area (Å²) in [5, 5.41) is 5.39. The first-order valence-corrected chi connectivity index (χ1v) is 12.4. The maximum Gasteiger partial charge on any atom is 0.249 e. The SMILES string of the molecule is NC(=O)c1cc(-c2ccncc2)cc2c1CCN2C(=O)[C@H](Cc1ccccc1)NCc1cscn1. The topological polar surface area (TPSA) is 101 Å². The van der Waals surface area contributed by atoms with Crippen LogP contribution in [-0.4, -0.2) is 34.4 Å². The van der Waals surface area contributed by atoms with Crippen LogP contribution in [0.4, 0.5) is 5.69 Å². The molecule has 2 aromatic carbocycles. The van der Waals surface area contributed by atoms with E-state index in [1.54, 1.807) is 22.8 Å². The van der Waals surface area contributed by atoms with Crippen LogP contribution < -0.4 is 16.0 Å². The van der Waals surface area contributed by atoms with Gasteiger partial charge in [0.15, 0.2) is 0 Å². The Labute approximate surface area is 207 Å². The molecule has 0 aliphatic carbocycles. The number of nitrogens with two attached hydrogens (primary N) is 1. The van der Waals surface area contributed by atoms with E-state index in [1.807, 2.05) is 60.0 Å². The van der Waals surface area contributed by atoms with Gasteiger partial charge in [-0.3, -0.25) is 19.9 Å². The second-order valence-electron chi connectivity index (χ2n) is 8.46. The molecule has 1 atom stereocenters. The van der Waals surface area contributed by atoms with E-state index in [0.29, 0.717) is 31.5 Å². The summed E-state index contributed by atoms with van der Waals surface area (Å²) in [6, 6.07) is 17.0. The van der Waals surface area contributed by atoms with Crippen molar-refractivity contribution in [3.05, 3.63) is 100 Å². The summed E-state index contributed by atoms with van der Waals surface area (Å²) in [5.74, 6) is -0.529. The van der Waals surface area contributed by atoms with Gasteiger partial charge < -0.3 is 10.6 Å². The third-order valence-electron chi connectivity index (χ3n) is 6.24. The molecule has 8 heteroatoms. The van der Waals surface area contributed by atoms with Gasteiger partial charge in [0.2, 0.25) is 11.8 Å². The van der Waals surface area contributed by atoms with Crippen molar-refractivity contribution in [2.75, 3.05) is 11.4 Å². The number of anilines is 1. The molecular weight excluding hydrogens is 458 g/mol. The summed E-state index contributed by atoms with van der Waals surface area (Å²) in [5.41, 5.74) is 13.3. The van der Waals surface area contributed by atoms with Crippen LogP contribution in [0.5, 0.6) is 0 Å². The van der Waals surface area contributed by atoms with Crippen molar-refractivity contribution in [1.82, 2.24) is 15.3 Å². The number of hydrogen-bond acceptors (Lipinski definition) is 6. The zero-order valence-electron chi connectivity index (χ0n) is 19.1. The predicted octanol–water partition coefficient (Wildman–Crippen LogP) is 3.59. The van der Waals surface area contributed by atoms with Crippen LogP contribution in [-0.2, 0) is 24.2 Å². The molecule has 0 fully saturated rings. The number of nitrogens with zero attached hydrogens (tertiary/aromatic N) is 3. The summed E-state index contributed by atoms with van der Waals surface area (Å²) in [6.07, 6.45) is 4.53. The highest BCUT2D eigenvalue weighted by atomic mass is 32.1. The largest absolute Gasteiger partial charge is 0.366 e. The van der Waals surface area contributed by atoms with Gasteiger partial charge in [0.1, 0.15) is 0 Å². The minimum atomic E-state index is -0.492. The van der Waals surface area contributed by atoms with Gasteiger partial charge in [-0.2, -0.15) is 0 Å². The molecule has 7 nitrogen and oxygen atoms in total. The fourth-order valence-electron chi connectivity index (χ4n) is 4.50. The van der Waals surface area contributed by atoms with E-state index in [4.69, 9.17) is 5.73 Å². The molecule has 5 rings (SSSR count). The van der Waals surface area contributed by atoms with Crippen LogP contribution >= 0.6 is 11.3 Å². The molecule has 0 unspecified atom stereocenters. The summed E-state index contributed by atoms with van der Waals surface area (Å²) in [7, 11) is 0. The minimum Gasteiger partial charge on any atom is -0.366 e. The molecule has 3 N–H and O–H groups in total. The molecule has 1 aliphatic heterocycles. The molecule has 0 bridgehead atoms. The van der Waals surface area contributed by atoms with Crippen molar-refractivity contribution in [2.45, 2.75) is 25.4 Å². The first-order valence-electron chi connectivity index (χ1n) is 11.4. The van der Waals surface area contributed by atoms with Crippen LogP contribution in [0.2, 0.25) is 0 Å². The molecule has 3 heterocycles. The van der Waals surface area contributed by atoms with Crippen LogP contribution in [0.1, 0.15) is 27.2 Å². The number of hydrogen-bond donors (Lipinski definition) is 2. The molecule has 0 saturated carbocycles. The van der Waals surface area contributed by atoms with Crippen molar-refractivity contribution in [3.63, 3.8) is 0 Å². The monoisotopic (exact) mass is 483 g/mol. The van der Waals surface area contributed by atoms with Crippen molar-refractivity contribution >= 4 is 28.8 Å². The van der Waals surface area contributed by atoms with E-state index < -0.39 is 11.9 Å². The number of benzene rings is 2. The van der Waals surface area contributed by atoms with Gasteiger partial charge in [0.25, 0.3) is 0 Å². The molecule has 176 valence electrons. The van der Waals surface area contributed by atoms with E-state index in [-0.39, 0.29) is 5.91 Å². The Hall–Kier alpha value is -3.88. The van der Waals surface area contributed by atoms with Gasteiger partial charge in [-0.25, -0.2) is 4.98 Å².